The van der Waals surface area contributed by atoms with E-state index >= 15 is 0 Å². The van der Waals surface area contributed by atoms with Crippen molar-refractivity contribution in [2.75, 3.05) is 13.7 Å². The fraction of sp³-hybridized carbons (Fsp3) is 0.515. The Labute approximate surface area is 264 Å². The number of nitrogens with one attached hydrogen (secondary N) is 1. The smallest absolute Gasteiger partial charge is 0.421 e. The summed E-state index contributed by atoms with van der Waals surface area (Å²) >= 11 is 6.60. The quantitative estimate of drug-likeness (QED) is 0.0734. The molecule has 2 aromatic rings. The molecule has 1 aliphatic rings. The van der Waals surface area contributed by atoms with Gasteiger partial charge in [-0.1, -0.05) is 88.4 Å². The molecule has 3 rings (SSSR count). The van der Waals surface area contributed by atoms with Gasteiger partial charge in [0.15, 0.2) is 11.7 Å². The van der Waals surface area contributed by atoms with E-state index in [2.05, 4.69) is 6.92 Å². The summed E-state index contributed by atoms with van der Waals surface area (Å²) in [7, 11) is 1.49. The van der Waals surface area contributed by atoms with E-state index in [1.165, 1.54) is 77.2 Å². The molecule has 0 saturated carbocycles. The molecule has 240 valence electrons. The van der Waals surface area contributed by atoms with Gasteiger partial charge < -0.3 is 29.5 Å². The van der Waals surface area contributed by atoms with E-state index in [9.17, 15) is 19.5 Å². The highest BCUT2D eigenvalue weighted by Crippen LogP contribution is 2.39. The molecular formula is C33H43ClN2O8. The number of hydrogen-bond acceptors (Lipinski definition) is 9. The Morgan fingerprint density at radius 2 is 1.66 bits per heavy atom. The molecule has 1 heterocycles. The molecule has 0 aliphatic carbocycles. The number of aliphatic hydroxyl groups is 1. The first-order chi connectivity index (χ1) is 21.2. The van der Waals surface area contributed by atoms with Crippen LogP contribution in [0.25, 0.3) is 0 Å². The minimum Gasteiger partial charge on any atom is -0.497 e. The third kappa shape index (κ3) is 8.80. The molecular weight excluding hydrogens is 588 g/mol. The molecule has 10 nitrogen and oxygen atoms in total. The summed E-state index contributed by atoms with van der Waals surface area (Å²) < 4.78 is 21.6. The number of halogens is 1. The highest BCUT2D eigenvalue weighted by molar-refractivity contribution is 6.31. The Morgan fingerprint density at radius 3 is 2.20 bits per heavy atom. The number of nitrogens with zero attached hydrogens (tertiary/aromatic N) is 1. The van der Waals surface area contributed by atoms with Crippen molar-refractivity contribution in [2.45, 2.75) is 96.2 Å². The monoisotopic (exact) mass is 630 g/mol. The van der Waals surface area contributed by atoms with Crippen LogP contribution in [0.15, 0.2) is 42.5 Å². The van der Waals surface area contributed by atoms with E-state index in [1.54, 1.807) is 24.3 Å². The molecule has 0 radical (unpaired) electrons. The zero-order chi connectivity index (χ0) is 32.1. The molecule has 2 amide bonds. The van der Waals surface area contributed by atoms with Crippen LogP contribution >= 0.6 is 11.6 Å². The van der Waals surface area contributed by atoms with Crippen molar-refractivity contribution in [3.05, 3.63) is 64.2 Å². The van der Waals surface area contributed by atoms with E-state index in [4.69, 9.17) is 36.0 Å². The van der Waals surface area contributed by atoms with Gasteiger partial charge in [0, 0.05) is 16.8 Å². The predicted octanol–water partition coefficient (Wildman–Crippen LogP) is 6.98. The lowest BCUT2D eigenvalue weighted by Gasteiger charge is -2.35. The van der Waals surface area contributed by atoms with Gasteiger partial charge in [0.2, 0.25) is 0 Å². The van der Waals surface area contributed by atoms with Crippen LogP contribution in [0.3, 0.4) is 0 Å². The second-order valence-electron chi connectivity index (χ2n) is 10.8. The SMILES string of the molecule is CCCCCCCCCCCCOC(=O)c1ccc(Cl)c(C(C=N)(OC(O)N2C(=O)OC(C)C2=O)c2ccc(OC)cc2)c1. The fourth-order valence-electron chi connectivity index (χ4n) is 5.06. The van der Waals surface area contributed by atoms with Crippen LogP contribution in [0.4, 0.5) is 4.79 Å². The van der Waals surface area contributed by atoms with Crippen molar-refractivity contribution >= 4 is 35.8 Å². The topological polar surface area (TPSA) is 135 Å². The van der Waals surface area contributed by atoms with Gasteiger partial charge in [0.25, 0.3) is 12.3 Å². The lowest BCUT2D eigenvalue weighted by Crippen LogP contribution is -2.48. The summed E-state index contributed by atoms with van der Waals surface area (Å²) in [5, 5.41) is 19.5. The van der Waals surface area contributed by atoms with Crippen molar-refractivity contribution in [1.82, 2.24) is 4.90 Å². The van der Waals surface area contributed by atoms with Crippen LogP contribution in [0.2, 0.25) is 5.02 Å². The second-order valence-corrected chi connectivity index (χ2v) is 11.2. The number of esters is 1. The third-order valence-electron chi connectivity index (χ3n) is 7.63. The van der Waals surface area contributed by atoms with Crippen molar-refractivity contribution in [3.63, 3.8) is 0 Å². The van der Waals surface area contributed by atoms with Crippen LogP contribution in [0, 0.1) is 5.41 Å². The summed E-state index contributed by atoms with van der Waals surface area (Å²) in [6, 6.07) is 10.7. The van der Waals surface area contributed by atoms with Crippen LogP contribution in [-0.4, -0.2) is 60.4 Å². The number of aliphatic hydroxyl groups excluding tert-OH is 1. The number of methoxy groups -OCH3 is 1. The number of unbranched alkanes of at least 4 members (excludes halogenated alkanes) is 9. The molecule has 3 unspecified atom stereocenters. The van der Waals surface area contributed by atoms with Gasteiger partial charge in [0.05, 0.1) is 19.3 Å². The lowest BCUT2D eigenvalue weighted by atomic mass is 9.86. The van der Waals surface area contributed by atoms with Crippen LogP contribution in [0.5, 0.6) is 5.75 Å². The summed E-state index contributed by atoms with van der Waals surface area (Å²) in [4.78, 5) is 38.3. The molecule has 2 N–H and O–H groups in total. The highest BCUT2D eigenvalue weighted by atomic mass is 35.5. The van der Waals surface area contributed by atoms with E-state index in [0.717, 1.165) is 25.5 Å². The van der Waals surface area contributed by atoms with Crippen LogP contribution in [-0.2, 0) is 24.6 Å². The number of carbonyl (C=O) groups is 3. The Kier molecular flexibility index (Phi) is 13.6. The standard InChI is InChI=1S/C33H43ClN2O8/c1-4-5-6-7-8-9-10-11-12-13-20-42-30(38)24-14-19-28(34)27(21-24)33(22-35,25-15-17-26(41-3)18-16-25)44-32(40)36-29(37)23(2)43-31(36)39/h14-19,21-23,32,35,40H,4-13,20H2,1-3H3. The van der Waals surface area contributed by atoms with Crippen molar-refractivity contribution in [1.29, 1.82) is 5.41 Å². The van der Waals surface area contributed by atoms with Gasteiger partial charge in [-0.15, -0.1) is 0 Å². The number of rotatable bonds is 19. The van der Waals surface area contributed by atoms with Crippen molar-refractivity contribution < 1.29 is 38.4 Å². The second kappa shape index (κ2) is 17.1. The number of benzene rings is 2. The maximum atomic E-state index is 13.0. The summed E-state index contributed by atoms with van der Waals surface area (Å²) in [6.07, 6.45) is 8.10. The average Bonchev–Trinajstić information content (AvgIpc) is 3.29. The van der Waals surface area contributed by atoms with E-state index in [0.29, 0.717) is 16.2 Å². The number of cyclic esters (lactones) is 1. The molecule has 1 fully saturated rings. The Balaban J connectivity index is 1.76. The van der Waals surface area contributed by atoms with Crippen molar-refractivity contribution in [2.24, 2.45) is 0 Å². The highest BCUT2D eigenvalue weighted by Gasteiger charge is 2.47. The third-order valence-corrected chi connectivity index (χ3v) is 7.96. The number of carbonyl (C=O) groups excluding carboxylic acids is 3. The zero-order valence-electron chi connectivity index (χ0n) is 25.7. The molecule has 0 bridgehead atoms. The number of imide groups is 1. The normalized spacial score (nSPS) is 16.8. The van der Waals surface area contributed by atoms with Gasteiger partial charge in [-0.25, -0.2) is 9.59 Å². The Morgan fingerprint density at radius 1 is 1.05 bits per heavy atom. The molecule has 11 heteroatoms. The average molecular weight is 631 g/mol. The van der Waals surface area contributed by atoms with Gasteiger partial charge in [-0.3, -0.25) is 4.79 Å². The van der Waals surface area contributed by atoms with Crippen LogP contribution in [0.1, 0.15) is 99.5 Å². The largest absolute Gasteiger partial charge is 0.497 e. The molecule has 3 atom stereocenters. The number of hydrogen-bond donors (Lipinski definition) is 2. The van der Waals surface area contributed by atoms with Gasteiger partial charge >= 0.3 is 12.1 Å². The van der Waals surface area contributed by atoms with E-state index < -0.39 is 36.1 Å². The van der Waals surface area contributed by atoms with Crippen LogP contribution < -0.4 is 4.74 Å². The first kappa shape index (κ1) is 35.0. The summed E-state index contributed by atoms with van der Waals surface area (Å²) in [5.74, 6) is -0.887. The first-order valence-corrected chi connectivity index (χ1v) is 15.6. The number of amides is 2. The van der Waals surface area contributed by atoms with E-state index in [1.807, 2.05) is 0 Å². The Hall–Kier alpha value is -3.47. The molecule has 0 spiro atoms. The zero-order valence-corrected chi connectivity index (χ0v) is 26.4. The summed E-state index contributed by atoms with van der Waals surface area (Å²) in [6.45, 7) is 3.83. The molecule has 0 aromatic heterocycles. The fourth-order valence-corrected chi connectivity index (χ4v) is 5.32. The number of ether oxygens (including phenoxy) is 4. The predicted molar refractivity (Wildman–Crippen MR) is 166 cm³/mol. The molecule has 2 aromatic carbocycles. The molecule has 1 saturated heterocycles. The molecule has 44 heavy (non-hydrogen) atoms. The van der Waals surface area contributed by atoms with Crippen molar-refractivity contribution in [3.8, 4) is 5.75 Å². The first-order valence-electron chi connectivity index (χ1n) is 15.2. The maximum absolute atomic E-state index is 13.0. The van der Waals surface area contributed by atoms with Gasteiger partial charge in [-0.05, 0) is 49.2 Å². The van der Waals surface area contributed by atoms with Gasteiger partial charge in [0.1, 0.15) is 5.75 Å². The lowest BCUT2D eigenvalue weighted by molar-refractivity contribution is -0.209. The Bertz CT molecular complexity index is 1270. The maximum Gasteiger partial charge on any atom is 0.421 e. The summed E-state index contributed by atoms with van der Waals surface area (Å²) in [5.41, 5.74) is -1.38. The molecule has 1 aliphatic heterocycles. The minimum atomic E-state index is -2.15. The van der Waals surface area contributed by atoms with Gasteiger partial charge in [-0.2, -0.15) is 4.90 Å². The van der Waals surface area contributed by atoms with E-state index in [-0.39, 0.29) is 22.8 Å². The minimum absolute atomic E-state index is 0.103.